The lowest BCUT2D eigenvalue weighted by Gasteiger charge is -2.41. The highest BCUT2D eigenvalue weighted by Crippen LogP contribution is 2.25. The minimum absolute atomic E-state index is 0.0513. The molecule has 2 aliphatic heterocycles. The zero-order valence-electron chi connectivity index (χ0n) is 18.6. The van der Waals surface area contributed by atoms with Gasteiger partial charge in [-0.3, -0.25) is 4.90 Å². The molecule has 172 valence electrons. The van der Waals surface area contributed by atoms with E-state index >= 15 is 0 Å². The van der Waals surface area contributed by atoms with E-state index in [1.165, 1.54) is 6.07 Å². The van der Waals surface area contributed by atoms with Crippen LogP contribution < -0.4 is 14.8 Å². The van der Waals surface area contributed by atoms with Crippen LogP contribution in [0.4, 0.5) is 14.9 Å². The minimum Gasteiger partial charge on any atom is -0.494 e. The van der Waals surface area contributed by atoms with Crippen molar-refractivity contribution >= 4 is 11.7 Å². The Morgan fingerprint density at radius 1 is 1.00 bits per heavy atom. The Labute approximate surface area is 189 Å². The summed E-state index contributed by atoms with van der Waals surface area (Å²) >= 11 is 0. The molecule has 2 aromatic rings. The summed E-state index contributed by atoms with van der Waals surface area (Å²) in [7, 11) is 0. The van der Waals surface area contributed by atoms with Gasteiger partial charge in [0.1, 0.15) is 11.9 Å². The van der Waals surface area contributed by atoms with E-state index in [0.29, 0.717) is 18.4 Å². The molecule has 2 saturated heterocycles. The molecule has 0 spiro atoms. The molecular formula is C25H32FN3O3. The summed E-state index contributed by atoms with van der Waals surface area (Å²) in [5.41, 5.74) is 0.775. The normalized spacial score (nSPS) is 18.4. The van der Waals surface area contributed by atoms with Crippen molar-refractivity contribution in [1.82, 2.24) is 9.80 Å². The summed E-state index contributed by atoms with van der Waals surface area (Å²) in [6.45, 7) is 5.96. The molecule has 0 radical (unpaired) electrons. The highest BCUT2D eigenvalue weighted by atomic mass is 19.1. The molecule has 0 atom stereocenters. The van der Waals surface area contributed by atoms with Gasteiger partial charge in [0.25, 0.3) is 0 Å². The predicted molar refractivity (Wildman–Crippen MR) is 123 cm³/mol. The van der Waals surface area contributed by atoms with Crippen LogP contribution in [0.5, 0.6) is 11.5 Å². The minimum atomic E-state index is -0.300. The van der Waals surface area contributed by atoms with Gasteiger partial charge in [-0.1, -0.05) is 12.1 Å². The van der Waals surface area contributed by atoms with E-state index in [4.69, 9.17) is 9.47 Å². The topological polar surface area (TPSA) is 54.0 Å². The second-order valence-electron chi connectivity index (χ2n) is 8.39. The molecule has 0 bridgehead atoms. The number of ether oxygens (including phenoxy) is 2. The van der Waals surface area contributed by atoms with Crippen molar-refractivity contribution in [2.24, 2.45) is 0 Å². The van der Waals surface area contributed by atoms with Crippen LogP contribution >= 0.6 is 0 Å². The van der Waals surface area contributed by atoms with Crippen LogP contribution in [-0.2, 0) is 0 Å². The van der Waals surface area contributed by atoms with E-state index < -0.39 is 0 Å². The Morgan fingerprint density at radius 3 is 2.34 bits per heavy atom. The number of hydrogen-bond acceptors (Lipinski definition) is 4. The first-order valence-electron chi connectivity index (χ1n) is 11.6. The van der Waals surface area contributed by atoms with Crippen LogP contribution in [-0.4, -0.2) is 60.8 Å². The zero-order chi connectivity index (χ0) is 22.3. The van der Waals surface area contributed by atoms with Gasteiger partial charge >= 0.3 is 6.03 Å². The van der Waals surface area contributed by atoms with Gasteiger partial charge in [-0.2, -0.15) is 0 Å². The summed E-state index contributed by atoms with van der Waals surface area (Å²) in [6.07, 6.45) is 3.79. The zero-order valence-corrected chi connectivity index (χ0v) is 18.6. The number of anilines is 1. The van der Waals surface area contributed by atoms with Gasteiger partial charge in [-0.25, -0.2) is 9.18 Å². The third kappa shape index (κ3) is 5.71. The summed E-state index contributed by atoms with van der Waals surface area (Å²) in [6, 6.07) is 14.5. The third-order valence-electron chi connectivity index (χ3n) is 6.29. The van der Waals surface area contributed by atoms with Crippen LogP contribution in [0.15, 0.2) is 48.5 Å². The van der Waals surface area contributed by atoms with Gasteiger partial charge < -0.3 is 19.7 Å². The Morgan fingerprint density at radius 2 is 1.69 bits per heavy atom. The van der Waals surface area contributed by atoms with E-state index in [9.17, 15) is 9.18 Å². The largest absolute Gasteiger partial charge is 0.494 e. The highest BCUT2D eigenvalue weighted by Gasteiger charge is 2.30. The number of nitrogens with one attached hydrogen (secondary N) is 1. The van der Waals surface area contributed by atoms with Crippen LogP contribution in [0, 0.1) is 5.82 Å². The number of likely N-dealkylation sites (tertiary alicyclic amines) is 2. The van der Waals surface area contributed by atoms with Crippen molar-refractivity contribution in [3.63, 3.8) is 0 Å². The van der Waals surface area contributed by atoms with Gasteiger partial charge in [0.15, 0.2) is 11.6 Å². The molecule has 2 fully saturated rings. The fourth-order valence-electron chi connectivity index (χ4n) is 4.52. The fraction of sp³-hybridized carbons (Fsp3) is 0.480. The molecule has 7 heteroatoms. The Hall–Kier alpha value is -2.80. The lowest BCUT2D eigenvalue weighted by molar-refractivity contribution is 0.0529. The molecule has 2 heterocycles. The smallest absolute Gasteiger partial charge is 0.321 e. The van der Waals surface area contributed by atoms with E-state index in [1.54, 1.807) is 18.2 Å². The van der Waals surface area contributed by atoms with Crippen LogP contribution in [0.25, 0.3) is 0 Å². The second kappa shape index (κ2) is 10.7. The number of amides is 2. The number of carbonyl (C=O) groups excluding carboxylic acids is 1. The lowest BCUT2D eigenvalue weighted by Crippen LogP contribution is -2.50. The molecule has 0 saturated carbocycles. The lowest BCUT2D eigenvalue weighted by atomic mass is 9.99. The molecule has 1 N–H and O–H groups in total. The molecular weight excluding hydrogens is 409 g/mol. The summed E-state index contributed by atoms with van der Waals surface area (Å²) < 4.78 is 25.1. The van der Waals surface area contributed by atoms with Gasteiger partial charge in [-0.15, -0.1) is 0 Å². The van der Waals surface area contributed by atoms with E-state index in [1.807, 2.05) is 36.1 Å². The highest BCUT2D eigenvalue weighted by molar-refractivity contribution is 5.89. The Bertz CT molecular complexity index is 876. The maximum Gasteiger partial charge on any atom is 0.321 e. The Balaban J connectivity index is 1.19. The number of rotatable bonds is 6. The standard InChI is InChI=1S/C25H32FN3O3/c1-2-31-21-9-7-19(8-10-21)27-25(30)29-15-11-20(12-16-29)28-17-13-22(14-18-28)32-24-6-4-3-5-23(24)26/h3-10,20,22H,2,11-18H2,1H3,(H,27,30). The molecule has 4 rings (SSSR count). The molecule has 2 amide bonds. The number of piperidine rings is 2. The van der Waals surface area contributed by atoms with Crippen LogP contribution in [0.2, 0.25) is 0 Å². The van der Waals surface area contributed by atoms with Gasteiger partial charge in [0, 0.05) is 37.9 Å². The molecule has 2 aromatic carbocycles. The van der Waals surface area contributed by atoms with Gasteiger partial charge in [0.2, 0.25) is 0 Å². The monoisotopic (exact) mass is 441 g/mol. The summed E-state index contributed by atoms with van der Waals surface area (Å²) in [5, 5.41) is 2.98. The average molecular weight is 442 g/mol. The van der Waals surface area contributed by atoms with E-state index in [2.05, 4.69) is 10.2 Å². The quantitative estimate of drug-likeness (QED) is 0.702. The van der Waals surface area contributed by atoms with Crippen molar-refractivity contribution in [2.75, 3.05) is 38.1 Å². The maximum atomic E-state index is 13.8. The Kier molecular flexibility index (Phi) is 7.47. The number of carbonyl (C=O) groups is 1. The summed E-state index contributed by atoms with van der Waals surface area (Å²) in [5.74, 6) is 0.845. The SMILES string of the molecule is CCOc1ccc(NC(=O)N2CCC(N3CCC(Oc4ccccc4F)CC3)CC2)cc1. The third-order valence-corrected chi connectivity index (χ3v) is 6.29. The maximum absolute atomic E-state index is 13.8. The molecule has 2 aliphatic rings. The van der Waals surface area contributed by atoms with Gasteiger partial charge in [0.05, 0.1) is 6.61 Å². The number of hydrogen-bond donors (Lipinski definition) is 1. The number of benzene rings is 2. The first kappa shape index (κ1) is 22.4. The van der Waals surface area contributed by atoms with Crippen molar-refractivity contribution in [3.8, 4) is 11.5 Å². The fourth-order valence-corrected chi connectivity index (χ4v) is 4.52. The molecule has 0 aromatic heterocycles. The van der Waals surface area contributed by atoms with Crippen molar-refractivity contribution in [1.29, 1.82) is 0 Å². The number of halogens is 1. The molecule has 32 heavy (non-hydrogen) atoms. The van der Waals surface area contributed by atoms with Crippen molar-refractivity contribution in [2.45, 2.75) is 44.8 Å². The van der Waals surface area contributed by atoms with Crippen molar-refractivity contribution < 1.29 is 18.7 Å². The van der Waals surface area contributed by atoms with E-state index in [-0.39, 0.29) is 18.0 Å². The van der Waals surface area contributed by atoms with Crippen LogP contribution in [0.1, 0.15) is 32.6 Å². The first-order chi connectivity index (χ1) is 15.6. The molecule has 0 aliphatic carbocycles. The van der Waals surface area contributed by atoms with E-state index in [0.717, 1.165) is 63.3 Å². The van der Waals surface area contributed by atoms with Crippen molar-refractivity contribution in [3.05, 3.63) is 54.3 Å². The number of nitrogens with zero attached hydrogens (tertiary/aromatic N) is 2. The second-order valence-corrected chi connectivity index (χ2v) is 8.39. The predicted octanol–water partition coefficient (Wildman–Crippen LogP) is 4.76. The first-order valence-corrected chi connectivity index (χ1v) is 11.6. The number of urea groups is 1. The van der Waals surface area contributed by atoms with Crippen LogP contribution in [0.3, 0.4) is 0 Å². The van der Waals surface area contributed by atoms with Gasteiger partial charge in [-0.05, 0) is 69.0 Å². The molecule has 6 nitrogen and oxygen atoms in total. The average Bonchev–Trinajstić information content (AvgIpc) is 2.83. The number of para-hydroxylation sites is 1. The summed E-state index contributed by atoms with van der Waals surface area (Å²) in [4.78, 5) is 17.0. The molecule has 0 unspecified atom stereocenters.